The van der Waals surface area contributed by atoms with Crippen LogP contribution >= 0.6 is 0 Å². The molecule has 0 aliphatic rings. The van der Waals surface area contributed by atoms with Crippen molar-refractivity contribution in [1.29, 1.82) is 0 Å². The molecule has 1 aromatic rings. The Balaban J connectivity index is 2.91. The highest BCUT2D eigenvalue weighted by Gasteiger charge is 2.24. The molecule has 1 aromatic carbocycles. The molecule has 2 unspecified atom stereocenters. The third-order valence-electron chi connectivity index (χ3n) is 2.84. The Morgan fingerprint density at radius 1 is 1.29 bits per heavy atom. The summed E-state index contributed by atoms with van der Waals surface area (Å²) < 4.78 is 9.57. The van der Waals surface area contributed by atoms with E-state index in [4.69, 9.17) is 9.84 Å². The molecule has 7 nitrogen and oxygen atoms in total. The van der Waals surface area contributed by atoms with E-state index < -0.39 is 24.1 Å². The first-order valence-corrected chi connectivity index (χ1v) is 6.33. The smallest absolute Gasteiger partial charge is 0.339 e. The molecule has 116 valence electrons. The van der Waals surface area contributed by atoms with E-state index in [-0.39, 0.29) is 29.9 Å². The number of carbonyl (C=O) groups is 2. The quantitative estimate of drug-likeness (QED) is 0.636. The zero-order valence-corrected chi connectivity index (χ0v) is 11.8. The van der Waals surface area contributed by atoms with Crippen LogP contribution in [0.4, 0.5) is 0 Å². The molecular formula is C14H18O7. The van der Waals surface area contributed by atoms with Crippen molar-refractivity contribution in [3.8, 4) is 5.75 Å². The number of hydrogen-bond donors (Lipinski definition) is 3. The van der Waals surface area contributed by atoms with Crippen LogP contribution in [-0.4, -0.2) is 47.1 Å². The maximum absolute atomic E-state index is 11.3. The SMILES string of the molecule is CCOC(=O)CC(O)C(O)c1ccc(OC)c(C(=O)O)c1. The van der Waals surface area contributed by atoms with Gasteiger partial charge in [0.15, 0.2) is 0 Å². The number of carboxylic acids is 1. The molecule has 0 spiro atoms. The van der Waals surface area contributed by atoms with E-state index in [0.717, 1.165) is 0 Å². The van der Waals surface area contributed by atoms with Crippen molar-refractivity contribution in [2.24, 2.45) is 0 Å². The van der Waals surface area contributed by atoms with Gasteiger partial charge in [0.05, 0.1) is 26.2 Å². The molecule has 21 heavy (non-hydrogen) atoms. The Hall–Kier alpha value is -2.12. The van der Waals surface area contributed by atoms with Crippen LogP contribution in [0.1, 0.15) is 35.4 Å². The highest BCUT2D eigenvalue weighted by molar-refractivity contribution is 5.91. The van der Waals surface area contributed by atoms with Crippen LogP contribution in [0, 0.1) is 0 Å². The standard InChI is InChI=1S/C14H18O7/c1-3-21-12(16)7-10(15)13(17)8-4-5-11(20-2)9(6-8)14(18)19/h4-6,10,13,15,17H,3,7H2,1-2H3,(H,18,19). The highest BCUT2D eigenvalue weighted by Crippen LogP contribution is 2.26. The molecule has 1 rings (SSSR count). The minimum atomic E-state index is -1.40. The van der Waals surface area contributed by atoms with Crippen LogP contribution in [0.3, 0.4) is 0 Å². The van der Waals surface area contributed by atoms with Crippen molar-refractivity contribution in [1.82, 2.24) is 0 Å². The van der Waals surface area contributed by atoms with E-state index in [1.807, 2.05) is 0 Å². The zero-order chi connectivity index (χ0) is 16.0. The molecule has 0 amide bonds. The lowest BCUT2D eigenvalue weighted by Gasteiger charge is -2.18. The average molecular weight is 298 g/mol. The first-order chi connectivity index (χ1) is 9.90. The van der Waals surface area contributed by atoms with Gasteiger partial charge in [-0.1, -0.05) is 6.07 Å². The van der Waals surface area contributed by atoms with Crippen molar-refractivity contribution in [3.63, 3.8) is 0 Å². The van der Waals surface area contributed by atoms with E-state index in [0.29, 0.717) is 0 Å². The van der Waals surface area contributed by atoms with Crippen molar-refractivity contribution in [2.75, 3.05) is 13.7 Å². The Labute approximate surface area is 121 Å². The average Bonchev–Trinajstić information content (AvgIpc) is 2.45. The van der Waals surface area contributed by atoms with Gasteiger partial charge in [-0.3, -0.25) is 4.79 Å². The van der Waals surface area contributed by atoms with E-state index >= 15 is 0 Å². The fourth-order valence-electron chi connectivity index (χ4n) is 1.80. The van der Waals surface area contributed by atoms with Crippen molar-refractivity contribution >= 4 is 11.9 Å². The first-order valence-electron chi connectivity index (χ1n) is 6.33. The highest BCUT2D eigenvalue weighted by atomic mass is 16.5. The number of carboxylic acid groups (broad SMARTS) is 1. The first kappa shape index (κ1) is 16.9. The van der Waals surface area contributed by atoms with Crippen LogP contribution in [0.15, 0.2) is 18.2 Å². The lowest BCUT2D eigenvalue weighted by molar-refractivity contribution is -0.147. The number of methoxy groups -OCH3 is 1. The molecule has 0 aromatic heterocycles. The number of benzene rings is 1. The summed E-state index contributed by atoms with van der Waals surface area (Å²) in [6.07, 6.45) is -3.18. The summed E-state index contributed by atoms with van der Waals surface area (Å²) in [5.74, 6) is -1.73. The van der Waals surface area contributed by atoms with E-state index in [1.165, 1.54) is 25.3 Å². The number of aromatic carboxylic acids is 1. The van der Waals surface area contributed by atoms with Gasteiger partial charge in [0.2, 0.25) is 0 Å². The number of esters is 1. The molecule has 0 saturated carbocycles. The second kappa shape index (κ2) is 7.61. The van der Waals surface area contributed by atoms with Crippen LogP contribution in [-0.2, 0) is 9.53 Å². The molecule has 0 radical (unpaired) electrons. The predicted molar refractivity (Wildman–Crippen MR) is 72.2 cm³/mol. The lowest BCUT2D eigenvalue weighted by Crippen LogP contribution is -2.23. The lowest BCUT2D eigenvalue weighted by atomic mass is 9.99. The molecule has 0 aliphatic carbocycles. The van der Waals surface area contributed by atoms with E-state index in [1.54, 1.807) is 6.92 Å². The van der Waals surface area contributed by atoms with Crippen LogP contribution in [0.25, 0.3) is 0 Å². The summed E-state index contributed by atoms with van der Waals surface area (Å²) in [6.45, 7) is 1.80. The summed E-state index contributed by atoms with van der Waals surface area (Å²) in [6, 6.07) is 3.99. The topological polar surface area (TPSA) is 113 Å². The zero-order valence-electron chi connectivity index (χ0n) is 11.8. The van der Waals surface area contributed by atoms with E-state index in [2.05, 4.69) is 4.74 Å². The monoisotopic (exact) mass is 298 g/mol. The Morgan fingerprint density at radius 2 is 1.95 bits per heavy atom. The molecule has 0 heterocycles. The fourth-order valence-corrected chi connectivity index (χ4v) is 1.80. The molecule has 3 N–H and O–H groups in total. The van der Waals surface area contributed by atoms with Crippen LogP contribution in [0.5, 0.6) is 5.75 Å². The summed E-state index contributed by atoms with van der Waals surface area (Å²) in [4.78, 5) is 22.3. The van der Waals surface area contributed by atoms with Gasteiger partial charge < -0.3 is 24.8 Å². The van der Waals surface area contributed by atoms with Gasteiger partial charge in [0.25, 0.3) is 0 Å². The normalized spacial score (nSPS) is 13.3. The third-order valence-corrected chi connectivity index (χ3v) is 2.84. The third kappa shape index (κ3) is 4.44. The number of carbonyl (C=O) groups excluding carboxylic acids is 1. The molecule has 2 atom stereocenters. The predicted octanol–water partition coefficient (Wildman–Crippen LogP) is 0.741. The maximum Gasteiger partial charge on any atom is 0.339 e. The Morgan fingerprint density at radius 3 is 2.48 bits per heavy atom. The molecule has 0 aliphatic heterocycles. The fraction of sp³-hybridized carbons (Fsp3) is 0.429. The summed E-state index contributed by atoms with van der Waals surface area (Å²) in [5, 5.41) is 28.8. The van der Waals surface area contributed by atoms with Gasteiger partial charge >= 0.3 is 11.9 Å². The molecule has 7 heteroatoms. The number of aliphatic hydroxyl groups is 2. The number of rotatable bonds is 7. The van der Waals surface area contributed by atoms with Gasteiger partial charge in [-0.05, 0) is 24.6 Å². The van der Waals surface area contributed by atoms with Crippen molar-refractivity contribution in [3.05, 3.63) is 29.3 Å². The largest absolute Gasteiger partial charge is 0.496 e. The number of hydrogen-bond acceptors (Lipinski definition) is 6. The van der Waals surface area contributed by atoms with Gasteiger partial charge in [0.1, 0.15) is 17.4 Å². The van der Waals surface area contributed by atoms with E-state index in [9.17, 15) is 19.8 Å². The summed E-state index contributed by atoms with van der Waals surface area (Å²) >= 11 is 0. The number of ether oxygens (including phenoxy) is 2. The molecular weight excluding hydrogens is 280 g/mol. The molecule has 0 fully saturated rings. The molecule has 0 saturated heterocycles. The van der Waals surface area contributed by atoms with Gasteiger partial charge in [0, 0.05) is 0 Å². The Kier molecular flexibility index (Phi) is 6.13. The van der Waals surface area contributed by atoms with Crippen LogP contribution in [0.2, 0.25) is 0 Å². The van der Waals surface area contributed by atoms with Gasteiger partial charge in [-0.25, -0.2) is 4.79 Å². The van der Waals surface area contributed by atoms with Gasteiger partial charge in [-0.2, -0.15) is 0 Å². The number of aliphatic hydroxyl groups excluding tert-OH is 2. The van der Waals surface area contributed by atoms with Crippen molar-refractivity contribution < 1.29 is 34.4 Å². The van der Waals surface area contributed by atoms with Crippen molar-refractivity contribution in [2.45, 2.75) is 25.6 Å². The maximum atomic E-state index is 11.3. The second-order valence-corrected chi connectivity index (χ2v) is 4.29. The summed E-state index contributed by atoms with van der Waals surface area (Å²) in [7, 11) is 1.33. The minimum absolute atomic E-state index is 0.137. The Bertz CT molecular complexity index is 512. The summed E-state index contributed by atoms with van der Waals surface area (Å²) in [5.41, 5.74) is 0.0300. The van der Waals surface area contributed by atoms with Gasteiger partial charge in [-0.15, -0.1) is 0 Å². The van der Waals surface area contributed by atoms with Crippen LogP contribution < -0.4 is 4.74 Å². The minimum Gasteiger partial charge on any atom is -0.496 e. The second-order valence-electron chi connectivity index (χ2n) is 4.29. The molecule has 0 bridgehead atoms.